The first-order chi connectivity index (χ1) is 11.0. The van der Waals surface area contributed by atoms with E-state index < -0.39 is 0 Å². The van der Waals surface area contributed by atoms with Crippen LogP contribution in [-0.2, 0) is 6.42 Å². The second kappa shape index (κ2) is 6.18. The SMILES string of the molecule is CCc1onc(C)c1[C@H]1CCCN1C(=O)c1cc(C(C)C)no1. The summed E-state index contributed by atoms with van der Waals surface area (Å²) in [4.78, 5) is 14.7. The molecule has 1 fully saturated rings. The zero-order valence-electron chi connectivity index (χ0n) is 14.1. The van der Waals surface area contributed by atoms with E-state index in [9.17, 15) is 4.79 Å². The van der Waals surface area contributed by atoms with Crippen molar-refractivity contribution in [1.82, 2.24) is 15.2 Å². The van der Waals surface area contributed by atoms with E-state index in [1.54, 1.807) is 6.07 Å². The molecular weight excluding hydrogens is 294 g/mol. The molecule has 0 spiro atoms. The Balaban J connectivity index is 1.88. The van der Waals surface area contributed by atoms with Crippen LogP contribution < -0.4 is 0 Å². The summed E-state index contributed by atoms with van der Waals surface area (Å²) in [6.07, 6.45) is 2.66. The second-order valence-electron chi connectivity index (χ2n) is 6.39. The number of aromatic nitrogens is 2. The first-order valence-electron chi connectivity index (χ1n) is 8.25. The lowest BCUT2D eigenvalue weighted by Gasteiger charge is -2.23. The molecule has 0 N–H and O–H groups in total. The van der Waals surface area contributed by atoms with E-state index in [1.807, 2.05) is 32.6 Å². The summed E-state index contributed by atoms with van der Waals surface area (Å²) in [6.45, 7) is 8.74. The maximum Gasteiger partial charge on any atom is 0.292 e. The second-order valence-corrected chi connectivity index (χ2v) is 6.39. The van der Waals surface area contributed by atoms with Gasteiger partial charge in [-0.1, -0.05) is 31.1 Å². The standard InChI is InChI=1S/C17H23N3O3/c1-5-14-16(11(4)18-22-14)13-7-6-8-20(13)17(21)15-9-12(10(2)3)19-23-15/h9-10,13H,5-8H2,1-4H3/t13-/m1/s1. The summed E-state index contributed by atoms with van der Waals surface area (Å²) in [6, 6.07) is 1.76. The molecule has 0 aliphatic carbocycles. The van der Waals surface area contributed by atoms with Crippen molar-refractivity contribution in [3.05, 3.63) is 34.5 Å². The predicted molar refractivity (Wildman–Crippen MR) is 84.2 cm³/mol. The Kier molecular flexibility index (Phi) is 4.24. The van der Waals surface area contributed by atoms with E-state index in [2.05, 4.69) is 10.3 Å². The molecule has 2 aromatic heterocycles. The summed E-state index contributed by atoms with van der Waals surface area (Å²) in [5.41, 5.74) is 2.73. The van der Waals surface area contributed by atoms with E-state index in [4.69, 9.17) is 9.05 Å². The highest BCUT2D eigenvalue weighted by Crippen LogP contribution is 2.37. The number of nitrogens with zero attached hydrogens (tertiary/aromatic N) is 3. The highest BCUT2D eigenvalue weighted by molar-refractivity contribution is 5.92. The summed E-state index contributed by atoms with van der Waals surface area (Å²) >= 11 is 0. The van der Waals surface area contributed by atoms with Crippen molar-refractivity contribution in [3.8, 4) is 0 Å². The van der Waals surface area contributed by atoms with Crippen LogP contribution >= 0.6 is 0 Å². The van der Waals surface area contributed by atoms with Crippen LogP contribution in [-0.4, -0.2) is 27.7 Å². The molecule has 23 heavy (non-hydrogen) atoms. The zero-order valence-corrected chi connectivity index (χ0v) is 14.1. The van der Waals surface area contributed by atoms with Gasteiger partial charge in [0.25, 0.3) is 5.91 Å². The lowest BCUT2D eigenvalue weighted by atomic mass is 10.0. The van der Waals surface area contributed by atoms with Crippen molar-refractivity contribution in [2.45, 2.75) is 58.9 Å². The summed E-state index contributed by atoms with van der Waals surface area (Å²) in [7, 11) is 0. The van der Waals surface area contributed by atoms with Gasteiger partial charge in [-0.2, -0.15) is 0 Å². The third-order valence-electron chi connectivity index (χ3n) is 4.48. The maximum atomic E-state index is 12.8. The zero-order chi connectivity index (χ0) is 16.6. The first-order valence-corrected chi connectivity index (χ1v) is 8.25. The van der Waals surface area contributed by atoms with E-state index in [-0.39, 0.29) is 17.9 Å². The molecule has 3 rings (SSSR count). The minimum atomic E-state index is -0.102. The lowest BCUT2D eigenvalue weighted by Crippen LogP contribution is -2.30. The smallest absolute Gasteiger partial charge is 0.292 e. The minimum absolute atomic E-state index is 0.0105. The van der Waals surface area contributed by atoms with Gasteiger partial charge in [0.1, 0.15) is 5.76 Å². The van der Waals surface area contributed by atoms with Crippen molar-refractivity contribution < 1.29 is 13.8 Å². The van der Waals surface area contributed by atoms with Crippen LogP contribution in [0.25, 0.3) is 0 Å². The Labute approximate surface area is 135 Å². The summed E-state index contributed by atoms with van der Waals surface area (Å²) < 4.78 is 10.7. The Bertz CT molecular complexity index is 702. The average molecular weight is 317 g/mol. The molecule has 0 saturated carbocycles. The van der Waals surface area contributed by atoms with Crippen LogP contribution in [0.2, 0.25) is 0 Å². The highest BCUT2D eigenvalue weighted by Gasteiger charge is 2.36. The van der Waals surface area contributed by atoms with Crippen LogP contribution in [0.3, 0.4) is 0 Å². The maximum absolute atomic E-state index is 12.8. The minimum Gasteiger partial charge on any atom is -0.361 e. The molecule has 1 atom stereocenters. The fourth-order valence-electron chi connectivity index (χ4n) is 3.22. The highest BCUT2D eigenvalue weighted by atomic mass is 16.5. The monoisotopic (exact) mass is 317 g/mol. The molecule has 0 unspecified atom stereocenters. The van der Waals surface area contributed by atoms with Crippen LogP contribution in [0.4, 0.5) is 0 Å². The average Bonchev–Trinajstić information content (AvgIpc) is 3.25. The Morgan fingerprint density at radius 2 is 2.17 bits per heavy atom. The molecule has 1 amide bonds. The van der Waals surface area contributed by atoms with Gasteiger partial charge in [0.05, 0.1) is 17.4 Å². The number of likely N-dealkylation sites (tertiary alicyclic amines) is 1. The third kappa shape index (κ3) is 2.78. The molecule has 2 aromatic rings. The van der Waals surface area contributed by atoms with Crippen LogP contribution in [0, 0.1) is 6.92 Å². The molecule has 1 aliphatic heterocycles. The molecule has 3 heterocycles. The number of rotatable bonds is 4. The third-order valence-corrected chi connectivity index (χ3v) is 4.48. The van der Waals surface area contributed by atoms with Crippen molar-refractivity contribution in [3.63, 3.8) is 0 Å². The van der Waals surface area contributed by atoms with Crippen molar-refractivity contribution in [2.75, 3.05) is 6.54 Å². The molecule has 1 saturated heterocycles. The van der Waals surface area contributed by atoms with E-state index in [1.165, 1.54) is 0 Å². The van der Waals surface area contributed by atoms with Crippen molar-refractivity contribution in [2.24, 2.45) is 0 Å². The number of amides is 1. The van der Waals surface area contributed by atoms with Gasteiger partial charge in [-0.25, -0.2) is 0 Å². The molecule has 0 aromatic carbocycles. The quantitative estimate of drug-likeness (QED) is 0.861. The fraction of sp³-hybridized carbons (Fsp3) is 0.588. The summed E-state index contributed by atoms with van der Waals surface area (Å²) in [5.74, 6) is 1.32. The van der Waals surface area contributed by atoms with Crippen LogP contribution in [0.15, 0.2) is 15.1 Å². The van der Waals surface area contributed by atoms with Gasteiger partial charge in [-0.3, -0.25) is 4.79 Å². The Hall–Kier alpha value is -2.11. The molecule has 6 nitrogen and oxygen atoms in total. The molecule has 1 aliphatic rings. The topological polar surface area (TPSA) is 72.4 Å². The van der Waals surface area contributed by atoms with Crippen molar-refractivity contribution >= 4 is 5.91 Å². The number of carbonyl (C=O) groups is 1. The lowest BCUT2D eigenvalue weighted by molar-refractivity contribution is 0.0692. The number of hydrogen-bond acceptors (Lipinski definition) is 5. The van der Waals surface area contributed by atoms with E-state index in [0.29, 0.717) is 5.76 Å². The van der Waals surface area contributed by atoms with Gasteiger partial charge >= 0.3 is 0 Å². The van der Waals surface area contributed by atoms with Gasteiger partial charge in [0, 0.05) is 24.6 Å². The normalized spacial score (nSPS) is 18.1. The van der Waals surface area contributed by atoms with Gasteiger partial charge in [0.2, 0.25) is 5.76 Å². The number of carbonyl (C=O) groups excluding carboxylic acids is 1. The first kappa shape index (κ1) is 15.8. The van der Waals surface area contributed by atoms with Gasteiger partial charge in [-0.05, 0) is 25.7 Å². The number of aryl methyl sites for hydroxylation is 2. The molecule has 0 radical (unpaired) electrons. The predicted octanol–water partition coefficient (Wildman–Crippen LogP) is 3.63. The summed E-state index contributed by atoms with van der Waals surface area (Å²) in [5, 5.41) is 8.07. The molecule has 0 bridgehead atoms. The van der Waals surface area contributed by atoms with Gasteiger partial charge in [-0.15, -0.1) is 0 Å². The van der Waals surface area contributed by atoms with Crippen molar-refractivity contribution in [1.29, 1.82) is 0 Å². The Morgan fingerprint density at radius 1 is 1.39 bits per heavy atom. The van der Waals surface area contributed by atoms with E-state index >= 15 is 0 Å². The molecule has 124 valence electrons. The van der Waals surface area contributed by atoms with Crippen LogP contribution in [0.5, 0.6) is 0 Å². The Morgan fingerprint density at radius 3 is 2.83 bits per heavy atom. The molecular formula is C17H23N3O3. The van der Waals surface area contributed by atoms with Gasteiger partial charge in [0.15, 0.2) is 0 Å². The van der Waals surface area contributed by atoms with Gasteiger partial charge < -0.3 is 13.9 Å². The van der Waals surface area contributed by atoms with E-state index in [0.717, 1.165) is 48.5 Å². The largest absolute Gasteiger partial charge is 0.361 e. The fourth-order valence-corrected chi connectivity index (χ4v) is 3.22. The number of hydrogen-bond donors (Lipinski definition) is 0. The molecule has 6 heteroatoms. The van der Waals surface area contributed by atoms with Crippen LogP contribution in [0.1, 0.15) is 78.8 Å².